The quantitative estimate of drug-likeness (QED) is 0.659. The van der Waals surface area contributed by atoms with E-state index in [9.17, 15) is 5.11 Å². The summed E-state index contributed by atoms with van der Waals surface area (Å²) in [4.78, 5) is 0. The van der Waals surface area contributed by atoms with Crippen LogP contribution in [0.3, 0.4) is 0 Å². The van der Waals surface area contributed by atoms with E-state index in [1.807, 2.05) is 18.2 Å². The molecule has 0 aromatic heterocycles. The predicted molar refractivity (Wildman–Crippen MR) is 98.0 cm³/mol. The molecule has 2 atom stereocenters. The highest BCUT2D eigenvalue weighted by atomic mass is 16.5. The highest BCUT2D eigenvalue weighted by molar-refractivity contribution is 5.31. The van der Waals surface area contributed by atoms with E-state index in [0.29, 0.717) is 13.2 Å². The SMILES string of the molecule is CCCC[NH2+]C[C@@H](O)CO[C@@H](c1ccccc1)c1ccc(C)cc1. The molecular weight excluding hydrogens is 298 g/mol. The summed E-state index contributed by atoms with van der Waals surface area (Å²) >= 11 is 0. The van der Waals surface area contributed by atoms with Crippen molar-refractivity contribution in [3.8, 4) is 0 Å². The van der Waals surface area contributed by atoms with Crippen LogP contribution < -0.4 is 5.32 Å². The maximum atomic E-state index is 10.2. The van der Waals surface area contributed by atoms with Crippen molar-refractivity contribution < 1.29 is 15.2 Å². The van der Waals surface area contributed by atoms with Gasteiger partial charge in [-0.25, -0.2) is 0 Å². The Labute approximate surface area is 145 Å². The van der Waals surface area contributed by atoms with E-state index in [1.54, 1.807) is 0 Å². The van der Waals surface area contributed by atoms with Crippen molar-refractivity contribution in [2.75, 3.05) is 19.7 Å². The fourth-order valence-electron chi connectivity index (χ4n) is 2.69. The summed E-state index contributed by atoms with van der Waals surface area (Å²) in [5.41, 5.74) is 3.47. The van der Waals surface area contributed by atoms with Crippen molar-refractivity contribution in [3.63, 3.8) is 0 Å². The summed E-state index contributed by atoms with van der Waals surface area (Å²) in [5.74, 6) is 0. The van der Waals surface area contributed by atoms with Gasteiger partial charge in [0, 0.05) is 0 Å². The number of quaternary nitrogens is 1. The van der Waals surface area contributed by atoms with Crippen LogP contribution in [-0.4, -0.2) is 30.9 Å². The highest BCUT2D eigenvalue weighted by Crippen LogP contribution is 2.26. The first-order valence-corrected chi connectivity index (χ1v) is 8.93. The maximum Gasteiger partial charge on any atom is 0.126 e. The number of hydrogen-bond donors (Lipinski definition) is 2. The van der Waals surface area contributed by atoms with Gasteiger partial charge in [-0.05, 0) is 24.5 Å². The number of unbranched alkanes of at least 4 members (excludes halogenated alkanes) is 1. The highest BCUT2D eigenvalue weighted by Gasteiger charge is 2.17. The number of rotatable bonds is 10. The Kier molecular flexibility index (Phi) is 7.96. The monoisotopic (exact) mass is 328 g/mol. The fraction of sp³-hybridized carbons (Fsp3) is 0.429. The molecule has 130 valence electrons. The number of aliphatic hydroxyl groups excluding tert-OH is 1. The number of aliphatic hydroxyl groups is 1. The van der Waals surface area contributed by atoms with Crippen LogP contribution in [0.25, 0.3) is 0 Å². The van der Waals surface area contributed by atoms with Crippen LogP contribution >= 0.6 is 0 Å². The van der Waals surface area contributed by atoms with Crippen molar-refractivity contribution in [1.82, 2.24) is 0 Å². The summed E-state index contributed by atoms with van der Waals surface area (Å²) in [6, 6.07) is 18.6. The molecule has 24 heavy (non-hydrogen) atoms. The van der Waals surface area contributed by atoms with Crippen LogP contribution in [0.5, 0.6) is 0 Å². The number of ether oxygens (including phenoxy) is 1. The van der Waals surface area contributed by atoms with Crippen LogP contribution in [0.15, 0.2) is 54.6 Å². The molecule has 2 aromatic rings. The van der Waals surface area contributed by atoms with Crippen LogP contribution in [-0.2, 0) is 4.74 Å². The second-order valence-corrected chi connectivity index (χ2v) is 6.36. The van der Waals surface area contributed by atoms with Gasteiger partial charge in [0.15, 0.2) is 0 Å². The van der Waals surface area contributed by atoms with E-state index >= 15 is 0 Å². The Morgan fingerprint density at radius 3 is 2.33 bits per heavy atom. The second kappa shape index (κ2) is 10.2. The summed E-state index contributed by atoms with van der Waals surface area (Å²) in [5, 5.41) is 12.3. The molecule has 0 unspecified atom stereocenters. The van der Waals surface area contributed by atoms with Gasteiger partial charge in [0.25, 0.3) is 0 Å². The largest absolute Gasteiger partial charge is 0.385 e. The number of hydrogen-bond acceptors (Lipinski definition) is 2. The standard InChI is InChI=1S/C21H29NO2/c1-3-4-14-22-15-20(23)16-24-21(18-8-6-5-7-9-18)19-12-10-17(2)11-13-19/h5-13,20-23H,3-4,14-16H2,1-2H3/p+1/t20-,21+/m1/s1. The van der Waals surface area contributed by atoms with Gasteiger partial charge >= 0.3 is 0 Å². The van der Waals surface area contributed by atoms with E-state index in [2.05, 4.69) is 55.6 Å². The van der Waals surface area contributed by atoms with Gasteiger partial charge in [0.1, 0.15) is 18.8 Å². The van der Waals surface area contributed by atoms with E-state index < -0.39 is 6.10 Å². The molecule has 3 N–H and O–H groups in total. The molecule has 0 amide bonds. The van der Waals surface area contributed by atoms with E-state index in [1.165, 1.54) is 18.4 Å². The van der Waals surface area contributed by atoms with Gasteiger partial charge in [-0.3, -0.25) is 0 Å². The zero-order chi connectivity index (χ0) is 17.2. The third-order valence-electron chi connectivity index (χ3n) is 4.14. The Balaban J connectivity index is 1.98. The second-order valence-electron chi connectivity index (χ2n) is 6.36. The zero-order valence-electron chi connectivity index (χ0n) is 14.8. The first-order chi connectivity index (χ1) is 11.7. The van der Waals surface area contributed by atoms with Crippen LogP contribution in [0, 0.1) is 6.92 Å². The van der Waals surface area contributed by atoms with Crippen molar-refractivity contribution in [3.05, 3.63) is 71.3 Å². The summed E-state index contributed by atoms with van der Waals surface area (Å²) in [6.45, 7) is 6.36. The molecule has 0 bridgehead atoms. The molecule has 0 aliphatic carbocycles. The molecule has 2 rings (SSSR count). The third kappa shape index (κ3) is 6.08. The fourth-order valence-corrected chi connectivity index (χ4v) is 2.69. The molecule has 0 heterocycles. The van der Waals surface area contributed by atoms with Crippen molar-refractivity contribution >= 4 is 0 Å². The molecule has 0 radical (unpaired) electrons. The van der Waals surface area contributed by atoms with Crippen LogP contribution in [0.1, 0.15) is 42.6 Å². The van der Waals surface area contributed by atoms with Gasteiger partial charge in [-0.15, -0.1) is 0 Å². The van der Waals surface area contributed by atoms with E-state index in [-0.39, 0.29) is 6.10 Å². The summed E-state index contributed by atoms with van der Waals surface area (Å²) < 4.78 is 6.10. The molecule has 2 aromatic carbocycles. The first kappa shape index (κ1) is 18.7. The Morgan fingerprint density at radius 2 is 1.67 bits per heavy atom. The Bertz CT molecular complexity index is 568. The number of nitrogens with two attached hydrogens (primary N) is 1. The lowest BCUT2D eigenvalue weighted by molar-refractivity contribution is -0.661. The van der Waals surface area contributed by atoms with Crippen molar-refractivity contribution in [2.45, 2.75) is 38.9 Å². The van der Waals surface area contributed by atoms with Gasteiger partial charge in [0.2, 0.25) is 0 Å². The predicted octanol–water partition coefficient (Wildman–Crippen LogP) is 2.83. The topological polar surface area (TPSA) is 46.1 Å². The molecule has 3 nitrogen and oxygen atoms in total. The van der Waals surface area contributed by atoms with Crippen LogP contribution in [0.4, 0.5) is 0 Å². The van der Waals surface area contributed by atoms with Crippen molar-refractivity contribution in [1.29, 1.82) is 0 Å². The minimum Gasteiger partial charge on any atom is -0.385 e. The Morgan fingerprint density at radius 1 is 1.00 bits per heavy atom. The van der Waals surface area contributed by atoms with E-state index in [0.717, 1.165) is 17.7 Å². The van der Waals surface area contributed by atoms with Gasteiger partial charge in [-0.1, -0.05) is 73.5 Å². The molecule has 0 saturated heterocycles. The normalized spacial score (nSPS) is 13.6. The molecular formula is C21H30NO2+. The average molecular weight is 328 g/mol. The number of aryl methyl sites for hydroxylation is 1. The van der Waals surface area contributed by atoms with Gasteiger partial charge in [-0.2, -0.15) is 0 Å². The molecule has 0 aliphatic heterocycles. The van der Waals surface area contributed by atoms with Crippen LogP contribution in [0.2, 0.25) is 0 Å². The molecule has 0 spiro atoms. The summed E-state index contributed by atoms with van der Waals surface area (Å²) in [6.07, 6.45) is 1.78. The molecule has 0 aliphatic rings. The third-order valence-corrected chi connectivity index (χ3v) is 4.14. The zero-order valence-corrected chi connectivity index (χ0v) is 14.8. The first-order valence-electron chi connectivity index (χ1n) is 8.93. The molecule has 3 heteroatoms. The lowest BCUT2D eigenvalue weighted by Crippen LogP contribution is -2.86. The smallest absolute Gasteiger partial charge is 0.126 e. The minimum absolute atomic E-state index is 0.142. The average Bonchev–Trinajstić information content (AvgIpc) is 2.61. The minimum atomic E-state index is -0.446. The lowest BCUT2D eigenvalue weighted by Gasteiger charge is -2.21. The Hall–Kier alpha value is -1.68. The number of benzene rings is 2. The maximum absolute atomic E-state index is 10.2. The summed E-state index contributed by atoms with van der Waals surface area (Å²) in [7, 11) is 0. The molecule has 0 saturated carbocycles. The van der Waals surface area contributed by atoms with Gasteiger partial charge in [0.05, 0.1) is 13.2 Å². The van der Waals surface area contributed by atoms with Gasteiger partial charge < -0.3 is 15.2 Å². The molecule has 0 fully saturated rings. The van der Waals surface area contributed by atoms with Crippen molar-refractivity contribution in [2.24, 2.45) is 0 Å². The lowest BCUT2D eigenvalue weighted by atomic mass is 10.0. The van der Waals surface area contributed by atoms with E-state index in [4.69, 9.17) is 4.74 Å².